The van der Waals surface area contributed by atoms with E-state index in [1.807, 2.05) is 54.6 Å². The molecule has 4 aromatic rings. The minimum atomic E-state index is -0.182. The van der Waals surface area contributed by atoms with Crippen LogP contribution in [0.2, 0.25) is 10.0 Å². The number of anilines is 1. The van der Waals surface area contributed by atoms with Crippen LogP contribution < -0.4 is 9.64 Å². The third kappa shape index (κ3) is 4.23. The van der Waals surface area contributed by atoms with Crippen LogP contribution in [0.3, 0.4) is 0 Å². The highest BCUT2D eigenvalue weighted by Gasteiger charge is 2.31. The Morgan fingerprint density at radius 1 is 0.941 bits per heavy atom. The SMILES string of the molecule is COc1ccc(N2C(=O)/C(=C/c3ccc(-c4ccc(Cl)c(Cl)c4)o3)C=C2c2ccccc2)cn1. The van der Waals surface area contributed by atoms with Crippen LogP contribution in [-0.2, 0) is 4.79 Å². The number of nitrogens with zero attached hydrogens (tertiary/aromatic N) is 2. The predicted octanol–water partition coefficient (Wildman–Crippen LogP) is 7.13. The largest absolute Gasteiger partial charge is 0.481 e. The summed E-state index contributed by atoms with van der Waals surface area (Å²) in [5.74, 6) is 1.46. The van der Waals surface area contributed by atoms with Gasteiger partial charge in [-0.05, 0) is 54.1 Å². The summed E-state index contributed by atoms with van der Waals surface area (Å²) in [5, 5.41) is 0.920. The molecule has 168 valence electrons. The second-order valence-corrected chi connectivity index (χ2v) is 8.34. The first-order valence-corrected chi connectivity index (χ1v) is 11.2. The van der Waals surface area contributed by atoms with Gasteiger partial charge in [-0.15, -0.1) is 0 Å². The summed E-state index contributed by atoms with van der Waals surface area (Å²) in [5.41, 5.74) is 3.58. The molecule has 2 aromatic carbocycles. The number of furan rings is 1. The van der Waals surface area contributed by atoms with E-state index < -0.39 is 0 Å². The molecule has 7 heteroatoms. The highest BCUT2D eigenvalue weighted by molar-refractivity contribution is 6.42. The lowest BCUT2D eigenvalue weighted by Crippen LogP contribution is -2.25. The molecule has 0 aliphatic carbocycles. The van der Waals surface area contributed by atoms with E-state index in [1.165, 1.54) is 0 Å². The molecule has 0 radical (unpaired) electrons. The van der Waals surface area contributed by atoms with E-state index >= 15 is 0 Å². The number of carbonyl (C=O) groups is 1. The first-order valence-electron chi connectivity index (χ1n) is 10.4. The Morgan fingerprint density at radius 3 is 2.47 bits per heavy atom. The van der Waals surface area contributed by atoms with Crippen LogP contribution in [0.15, 0.2) is 95.1 Å². The van der Waals surface area contributed by atoms with E-state index in [1.54, 1.807) is 48.5 Å². The summed E-state index contributed by atoms with van der Waals surface area (Å²) >= 11 is 12.2. The minimum Gasteiger partial charge on any atom is -0.481 e. The van der Waals surface area contributed by atoms with Gasteiger partial charge in [-0.3, -0.25) is 9.69 Å². The molecule has 0 fully saturated rings. The third-order valence-corrected chi connectivity index (χ3v) is 6.11. The number of methoxy groups -OCH3 is 1. The van der Waals surface area contributed by atoms with Crippen molar-refractivity contribution in [3.63, 3.8) is 0 Å². The fourth-order valence-electron chi connectivity index (χ4n) is 3.71. The Bertz CT molecular complexity index is 1420. The number of pyridine rings is 1. The van der Waals surface area contributed by atoms with E-state index in [-0.39, 0.29) is 5.91 Å². The molecule has 2 aromatic heterocycles. The van der Waals surface area contributed by atoms with Crippen LogP contribution in [0, 0.1) is 0 Å². The number of hydrogen-bond acceptors (Lipinski definition) is 4. The number of rotatable bonds is 5. The Balaban J connectivity index is 1.52. The van der Waals surface area contributed by atoms with Crippen molar-refractivity contribution in [1.29, 1.82) is 0 Å². The number of ether oxygens (including phenoxy) is 1. The molecular formula is C27H18Cl2N2O3. The van der Waals surface area contributed by atoms with E-state index in [9.17, 15) is 4.79 Å². The average molecular weight is 489 g/mol. The number of benzene rings is 2. The van der Waals surface area contributed by atoms with Crippen LogP contribution in [0.5, 0.6) is 5.88 Å². The second-order valence-electron chi connectivity index (χ2n) is 7.53. The lowest BCUT2D eigenvalue weighted by molar-refractivity contribution is -0.113. The van der Waals surface area contributed by atoms with Gasteiger partial charge in [0.25, 0.3) is 5.91 Å². The zero-order valence-corrected chi connectivity index (χ0v) is 19.5. The van der Waals surface area contributed by atoms with Crippen molar-refractivity contribution in [2.24, 2.45) is 0 Å². The monoisotopic (exact) mass is 488 g/mol. The minimum absolute atomic E-state index is 0.182. The van der Waals surface area contributed by atoms with Crippen molar-refractivity contribution in [2.75, 3.05) is 12.0 Å². The van der Waals surface area contributed by atoms with Gasteiger partial charge >= 0.3 is 0 Å². The van der Waals surface area contributed by atoms with Gasteiger partial charge in [0.1, 0.15) is 11.5 Å². The Kier molecular flexibility index (Phi) is 5.97. The fourth-order valence-corrected chi connectivity index (χ4v) is 4.00. The van der Waals surface area contributed by atoms with Gasteiger partial charge < -0.3 is 9.15 Å². The molecule has 0 bridgehead atoms. The molecule has 0 saturated heterocycles. The van der Waals surface area contributed by atoms with Gasteiger partial charge in [0.05, 0.1) is 34.7 Å². The maximum atomic E-state index is 13.5. The van der Waals surface area contributed by atoms with Crippen LogP contribution >= 0.6 is 23.2 Å². The normalized spacial score (nSPS) is 14.6. The molecule has 0 saturated carbocycles. The van der Waals surface area contributed by atoms with Crippen molar-refractivity contribution in [2.45, 2.75) is 0 Å². The summed E-state index contributed by atoms with van der Waals surface area (Å²) < 4.78 is 11.1. The fraction of sp³-hybridized carbons (Fsp3) is 0.0370. The molecule has 5 nitrogen and oxygen atoms in total. The topological polar surface area (TPSA) is 55.6 Å². The first kappa shape index (κ1) is 22.0. The molecule has 5 rings (SSSR count). The van der Waals surface area contributed by atoms with Gasteiger partial charge in [-0.2, -0.15) is 0 Å². The highest BCUT2D eigenvalue weighted by atomic mass is 35.5. The Morgan fingerprint density at radius 2 is 1.76 bits per heavy atom. The van der Waals surface area contributed by atoms with E-state index in [2.05, 4.69) is 4.98 Å². The van der Waals surface area contributed by atoms with Crippen molar-refractivity contribution < 1.29 is 13.9 Å². The average Bonchev–Trinajstić information content (AvgIpc) is 3.46. The number of halogens is 2. The molecule has 1 aliphatic rings. The number of amides is 1. The summed E-state index contributed by atoms with van der Waals surface area (Å²) in [6.45, 7) is 0. The van der Waals surface area contributed by atoms with E-state index in [0.717, 1.165) is 16.8 Å². The lowest BCUT2D eigenvalue weighted by Gasteiger charge is -2.20. The molecule has 34 heavy (non-hydrogen) atoms. The van der Waals surface area contributed by atoms with Crippen molar-refractivity contribution in [1.82, 2.24) is 4.98 Å². The number of hydrogen-bond donors (Lipinski definition) is 0. The first-order chi connectivity index (χ1) is 16.5. The Labute approximate surface area is 206 Å². The smallest absolute Gasteiger partial charge is 0.263 e. The second kappa shape index (κ2) is 9.21. The predicted molar refractivity (Wildman–Crippen MR) is 135 cm³/mol. The molecule has 0 N–H and O–H groups in total. The number of aromatic nitrogens is 1. The standard InChI is InChI=1S/C27H18Cl2N2O3/c1-33-26-12-8-20(16-30-26)31-24(17-5-3-2-4-6-17)15-19(27(31)32)13-21-9-11-25(34-21)18-7-10-22(28)23(29)14-18/h2-16H,1H3/b19-13+. The van der Waals surface area contributed by atoms with Gasteiger partial charge in [-0.25, -0.2) is 4.98 Å². The molecule has 3 heterocycles. The maximum absolute atomic E-state index is 13.5. The summed E-state index contributed by atoms with van der Waals surface area (Å²) in [6.07, 6.45) is 5.19. The van der Waals surface area contributed by atoms with Crippen molar-refractivity contribution >= 4 is 46.6 Å². The Hall–Kier alpha value is -3.80. The maximum Gasteiger partial charge on any atom is 0.263 e. The van der Waals surface area contributed by atoms with Gasteiger partial charge in [0.15, 0.2) is 0 Å². The summed E-state index contributed by atoms with van der Waals surface area (Å²) in [7, 11) is 1.55. The molecule has 1 aliphatic heterocycles. The van der Waals surface area contributed by atoms with Gasteiger partial charge in [0.2, 0.25) is 5.88 Å². The number of carbonyl (C=O) groups excluding carboxylic acids is 1. The van der Waals surface area contributed by atoms with Gasteiger partial charge in [0, 0.05) is 17.2 Å². The molecule has 0 unspecified atom stereocenters. The van der Waals surface area contributed by atoms with E-state index in [0.29, 0.717) is 38.7 Å². The van der Waals surface area contributed by atoms with Crippen LogP contribution in [0.4, 0.5) is 5.69 Å². The summed E-state index contributed by atoms with van der Waals surface area (Å²) in [4.78, 5) is 19.4. The molecule has 0 spiro atoms. The van der Waals surface area contributed by atoms with Crippen LogP contribution in [0.1, 0.15) is 11.3 Å². The third-order valence-electron chi connectivity index (χ3n) is 5.37. The zero-order chi connectivity index (χ0) is 23.7. The lowest BCUT2D eigenvalue weighted by atomic mass is 10.1. The van der Waals surface area contributed by atoms with Gasteiger partial charge in [-0.1, -0.05) is 53.5 Å². The molecule has 1 amide bonds. The molecule has 0 atom stereocenters. The quantitative estimate of drug-likeness (QED) is 0.280. The van der Waals surface area contributed by atoms with Crippen LogP contribution in [0.25, 0.3) is 23.1 Å². The summed E-state index contributed by atoms with van der Waals surface area (Å²) in [6, 6.07) is 22.2. The van der Waals surface area contributed by atoms with E-state index in [4.69, 9.17) is 32.4 Å². The van der Waals surface area contributed by atoms with Crippen molar-refractivity contribution in [3.8, 4) is 17.2 Å². The van der Waals surface area contributed by atoms with Crippen molar-refractivity contribution in [3.05, 3.63) is 112 Å². The van der Waals surface area contributed by atoms with Crippen LogP contribution in [-0.4, -0.2) is 18.0 Å². The molecular weight excluding hydrogens is 471 g/mol. The zero-order valence-electron chi connectivity index (χ0n) is 18.0. The highest BCUT2D eigenvalue weighted by Crippen LogP contribution is 2.36.